The van der Waals surface area contributed by atoms with Gasteiger partial charge in [-0.25, -0.2) is 4.79 Å². The topological polar surface area (TPSA) is 99.1 Å². The molecule has 0 radical (unpaired) electrons. The normalized spacial score (nSPS) is 13.9. The number of hydrogen-bond acceptors (Lipinski definition) is 6. The zero-order valence-electron chi connectivity index (χ0n) is 31.4. The third kappa shape index (κ3) is 30.6. The fourth-order valence-electron chi connectivity index (χ4n) is 4.73. The van der Waals surface area contributed by atoms with Crippen LogP contribution in [0.5, 0.6) is 0 Å². The summed E-state index contributed by atoms with van der Waals surface area (Å²) in [5.41, 5.74) is 0. The number of aliphatic carboxylic acids is 1. The fourth-order valence-corrected chi connectivity index (χ4v) is 4.73. The van der Waals surface area contributed by atoms with Crippen LogP contribution < -0.4 is 0 Å². The number of nitrogens with zero attached hydrogens (tertiary/aromatic N) is 1. The van der Waals surface area contributed by atoms with Gasteiger partial charge in [-0.2, -0.15) is 0 Å². The third-order valence-electron chi connectivity index (χ3n) is 7.60. The molecule has 0 saturated heterocycles. The monoisotopic (exact) mass is 686 g/mol. The Balaban J connectivity index is 4.57. The number of unbranched alkanes of at least 4 members (excludes halogenated alkanes) is 5. The van der Waals surface area contributed by atoms with Crippen molar-refractivity contribution >= 4 is 17.9 Å². The molecule has 1 N–H and O–H groups in total. The fraction of sp³-hybridized carbons (Fsp3) is 0.634. The van der Waals surface area contributed by atoms with E-state index in [9.17, 15) is 19.5 Å². The van der Waals surface area contributed by atoms with Gasteiger partial charge in [-0.3, -0.25) is 9.59 Å². The molecule has 2 atom stereocenters. The summed E-state index contributed by atoms with van der Waals surface area (Å²) in [6.07, 6.45) is 38.3. The van der Waals surface area contributed by atoms with Crippen molar-refractivity contribution in [1.82, 2.24) is 0 Å². The standard InChI is InChI=1S/C41H67NO7/c1-6-8-10-12-14-16-17-18-19-20-21-22-23-24-26-28-30-32-40(44)49-37(35-47-34-33-38(41(45)46)42(3,4)5)36-48-39(43)31-29-27-25-15-13-11-9-7-2/h8,10,14,16,18-19,21-22,24-27,37-38H,6-7,9,11-13,15,17,20,23,28-36H2,1-5H3/p+1/b10-8+,16-14+,19-18+,22-21+,26-24+,27-25+. The molecule has 0 bridgehead atoms. The van der Waals surface area contributed by atoms with Crippen LogP contribution in [0.15, 0.2) is 72.9 Å². The molecule has 278 valence electrons. The number of hydrogen-bond donors (Lipinski definition) is 1. The van der Waals surface area contributed by atoms with E-state index in [2.05, 4.69) is 80.7 Å². The summed E-state index contributed by atoms with van der Waals surface area (Å²) in [6, 6.07) is -0.630. The van der Waals surface area contributed by atoms with E-state index >= 15 is 0 Å². The summed E-state index contributed by atoms with van der Waals surface area (Å²) in [4.78, 5) is 36.6. The van der Waals surface area contributed by atoms with Gasteiger partial charge in [0.1, 0.15) is 6.61 Å². The highest BCUT2D eigenvalue weighted by Crippen LogP contribution is 2.10. The van der Waals surface area contributed by atoms with Gasteiger partial charge in [-0.1, -0.05) is 106 Å². The molecule has 0 aromatic heterocycles. The minimum atomic E-state index is -0.893. The smallest absolute Gasteiger partial charge is 0.362 e. The van der Waals surface area contributed by atoms with E-state index in [4.69, 9.17) is 14.2 Å². The maximum absolute atomic E-state index is 12.6. The zero-order chi connectivity index (χ0) is 36.4. The van der Waals surface area contributed by atoms with Gasteiger partial charge in [0.05, 0.1) is 34.4 Å². The molecule has 8 heteroatoms. The van der Waals surface area contributed by atoms with Crippen molar-refractivity contribution in [3.05, 3.63) is 72.9 Å². The first-order valence-corrected chi connectivity index (χ1v) is 18.5. The SMILES string of the molecule is CC/C=C/C/C=C/C/C=C/C/C=C/C/C=C/CCCC(=O)OC(COCCC(C(=O)O)[N+](C)(C)C)COC(=O)CC/C=C/CCCCCC. The Labute approximate surface area is 298 Å². The first kappa shape index (κ1) is 45.8. The first-order chi connectivity index (χ1) is 23.6. The minimum Gasteiger partial charge on any atom is -0.477 e. The van der Waals surface area contributed by atoms with Crippen molar-refractivity contribution in [2.45, 2.75) is 129 Å². The number of allylic oxidation sites excluding steroid dienone is 12. The molecule has 0 rings (SSSR count). The highest BCUT2D eigenvalue weighted by Gasteiger charge is 2.31. The molecule has 0 amide bonds. The van der Waals surface area contributed by atoms with Crippen molar-refractivity contribution < 1.29 is 38.2 Å². The van der Waals surface area contributed by atoms with Crippen LogP contribution in [0.2, 0.25) is 0 Å². The van der Waals surface area contributed by atoms with Crippen LogP contribution in [0.1, 0.15) is 117 Å². The van der Waals surface area contributed by atoms with Gasteiger partial charge >= 0.3 is 17.9 Å². The Bertz CT molecular complexity index is 1030. The second kappa shape index (κ2) is 32.0. The number of likely N-dealkylation sites (N-methyl/N-ethyl adjacent to an activating group) is 1. The van der Waals surface area contributed by atoms with Crippen molar-refractivity contribution in [2.75, 3.05) is 41.0 Å². The zero-order valence-corrected chi connectivity index (χ0v) is 31.4. The van der Waals surface area contributed by atoms with Crippen LogP contribution in [0.4, 0.5) is 0 Å². The maximum atomic E-state index is 12.6. The number of esters is 2. The van der Waals surface area contributed by atoms with E-state index in [0.717, 1.165) is 51.4 Å². The Morgan fingerprint density at radius 2 is 1.18 bits per heavy atom. The molecule has 0 aromatic rings. The number of rotatable bonds is 31. The van der Waals surface area contributed by atoms with Gasteiger partial charge in [-0.05, 0) is 64.2 Å². The van der Waals surface area contributed by atoms with E-state index in [1.807, 2.05) is 27.2 Å². The van der Waals surface area contributed by atoms with Crippen molar-refractivity contribution in [2.24, 2.45) is 0 Å². The Morgan fingerprint density at radius 1 is 0.633 bits per heavy atom. The molecule has 0 aliphatic heterocycles. The van der Waals surface area contributed by atoms with Crippen LogP contribution in [0.3, 0.4) is 0 Å². The lowest BCUT2D eigenvalue weighted by molar-refractivity contribution is -0.887. The first-order valence-electron chi connectivity index (χ1n) is 18.5. The number of carbonyl (C=O) groups excluding carboxylic acids is 2. The number of quaternary nitrogens is 1. The molecule has 0 spiro atoms. The van der Waals surface area contributed by atoms with Crippen molar-refractivity contribution in [3.8, 4) is 0 Å². The molecule has 0 aliphatic rings. The number of carbonyl (C=O) groups is 3. The van der Waals surface area contributed by atoms with E-state index in [1.54, 1.807) is 0 Å². The van der Waals surface area contributed by atoms with Gasteiger partial charge in [0.15, 0.2) is 12.1 Å². The minimum absolute atomic E-state index is 0.0228. The lowest BCUT2D eigenvalue weighted by Gasteiger charge is -2.31. The van der Waals surface area contributed by atoms with Crippen molar-refractivity contribution in [3.63, 3.8) is 0 Å². The van der Waals surface area contributed by atoms with Gasteiger partial charge in [0.2, 0.25) is 0 Å². The summed E-state index contributed by atoms with van der Waals surface area (Å²) in [6.45, 7) is 4.43. The second-order valence-electron chi connectivity index (χ2n) is 13.1. The molecule has 0 aliphatic carbocycles. The van der Waals surface area contributed by atoms with E-state index in [-0.39, 0.29) is 49.1 Å². The number of ether oxygens (including phenoxy) is 3. The van der Waals surface area contributed by atoms with Crippen LogP contribution in [-0.2, 0) is 28.6 Å². The van der Waals surface area contributed by atoms with Gasteiger partial charge in [-0.15, -0.1) is 0 Å². The Kier molecular flexibility index (Phi) is 29.9. The second-order valence-corrected chi connectivity index (χ2v) is 13.1. The van der Waals surface area contributed by atoms with Crippen molar-refractivity contribution in [1.29, 1.82) is 0 Å². The van der Waals surface area contributed by atoms with E-state index in [0.29, 0.717) is 19.3 Å². The summed E-state index contributed by atoms with van der Waals surface area (Å²) >= 11 is 0. The van der Waals surface area contributed by atoms with Crippen LogP contribution in [0, 0.1) is 0 Å². The summed E-state index contributed by atoms with van der Waals surface area (Å²) < 4.78 is 17.0. The van der Waals surface area contributed by atoms with Crippen LogP contribution in [0.25, 0.3) is 0 Å². The van der Waals surface area contributed by atoms with Gasteiger partial charge < -0.3 is 23.8 Å². The average molecular weight is 687 g/mol. The molecule has 49 heavy (non-hydrogen) atoms. The average Bonchev–Trinajstić information content (AvgIpc) is 3.05. The number of carboxylic acid groups (broad SMARTS) is 1. The molecular weight excluding hydrogens is 618 g/mol. The predicted octanol–water partition coefficient (Wildman–Crippen LogP) is 9.24. The van der Waals surface area contributed by atoms with E-state index < -0.39 is 18.1 Å². The molecule has 0 aromatic carbocycles. The number of carboxylic acids is 1. The molecule has 0 fully saturated rings. The Morgan fingerprint density at radius 3 is 1.76 bits per heavy atom. The molecule has 0 heterocycles. The predicted molar refractivity (Wildman–Crippen MR) is 201 cm³/mol. The lowest BCUT2D eigenvalue weighted by atomic mass is 10.1. The lowest BCUT2D eigenvalue weighted by Crippen LogP contribution is -2.50. The molecular formula is C41H68NO7+. The van der Waals surface area contributed by atoms with Gasteiger partial charge in [0.25, 0.3) is 0 Å². The highest BCUT2D eigenvalue weighted by atomic mass is 16.6. The maximum Gasteiger partial charge on any atom is 0.362 e. The summed E-state index contributed by atoms with van der Waals surface area (Å²) in [5, 5.41) is 9.56. The highest BCUT2D eigenvalue weighted by molar-refractivity contribution is 5.72. The van der Waals surface area contributed by atoms with Gasteiger partial charge in [0, 0.05) is 19.3 Å². The molecule has 2 unspecified atom stereocenters. The molecule has 8 nitrogen and oxygen atoms in total. The van der Waals surface area contributed by atoms with E-state index in [1.165, 1.54) is 19.3 Å². The summed E-state index contributed by atoms with van der Waals surface area (Å²) in [5.74, 6) is -1.63. The third-order valence-corrected chi connectivity index (χ3v) is 7.60. The quantitative estimate of drug-likeness (QED) is 0.0336. The molecule has 0 saturated carbocycles. The summed E-state index contributed by atoms with van der Waals surface area (Å²) in [7, 11) is 5.47. The van der Waals surface area contributed by atoms with Crippen LogP contribution in [-0.4, -0.2) is 80.6 Å². The van der Waals surface area contributed by atoms with Crippen LogP contribution >= 0.6 is 0 Å². The largest absolute Gasteiger partial charge is 0.477 e. The Hall–Kier alpha value is -3.23.